The highest BCUT2D eigenvalue weighted by atomic mass is 16.7. The van der Waals surface area contributed by atoms with Gasteiger partial charge in [0.15, 0.2) is 0 Å². The first-order chi connectivity index (χ1) is 10.3. The minimum atomic E-state index is -2.14. The van der Waals surface area contributed by atoms with Crippen molar-refractivity contribution in [3.63, 3.8) is 0 Å². The first-order valence-electron chi connectivity index (χ1n) is 8.36. The summed E-state index contributed by atoms with van der Waals surface area (Å²) < 4.78 is 5.51. The summed E-state index contributed by atoms with van der Waals surface area (Å²) in [6, 6.07) is -0.646. The molecule has 5 N–H and O–H groups in total. The van der Waals surface area contributed by atoms with E-state index < -0.39 is 24.6 Å². The van der Waals surface area contributed by atoms with Gasteiger partial charge in [-0.1, -0.05) is 26.7 Å². The van der Waals surface area contributed by atoms with E-state index in [9.17, 15) is 14.9 Å². The first-order valence-corrected chi connectivity index (χ1v) is 8.36. The lowest BCUT2D eigenvalue weighted by molar-refractivity contribution is -0.124. The van der Waals surface area contributed by atoms with Gasteiger partial charge < -0.3 is 30.6 Å². The Morgan fingerprint density at radius 1 is 1.50 bits per heavy atom. The summed E-state index contributed by atoms with van der Waals surface area (Å²) in [5, 5.41) is 24.1. The van der Waals surface area contributed by atoms with Gasteiger partial charge >= 0.3 is 6.69 Å². The summed E-state index contributed by atoms with van der Waals surface area (Å²) in [7, 11) is 0. The minimum absolute atomic E-state index is 0.0733. The van der Waals surface area contributed by atoms with Crippen molar-refractivity contribution in [3.05, 3.63) is 0 Å². The van der Waals surface area contributed by atoms with Crippen LogP contribution in [0.25, 0.3) is 0 Å². The van der Waals surface area contributed by atoms with Gasteiger partial charge in [0.05, 0.1) is 6.04 Å². The van der Waals surface area contributed by atoms with Crippen molar-refractivity contribution in [1.29, 1.82) is 0 Å². The van der Waals surface area contributed by atoms with E-state index in [-0.39, 0.29) is 17.9 Å². The smallest absolute Gasteiger partial charge is 0.317 e. The van der Waals surface area contributed by atoms with Crippen LogP contribution < -0.4 is 11.1 Å². The summed E-state index contributed by atoms with van der Waals surface area (Å²) in [5.74, 6) is -0.0936. The lowest BCUT2D eigenvalue weighted by Crippen LogP contribution is -2.55. The van der Waals surface area contributed by atoms with Gasteiger partial charge in [0, 0.05) is 11.6 Å². The van der Waals surface area contributed by atoms with Crippen LogP contribution in [0.2, 0.25) is 6.32 Å². The van der Waals surface area contributed by atoms with Gasteiger partial charge in [0.1, 0.15) is 6.29 Å². The predicted molar refractivity (Wildman–Crippen MR) is 82.5 cm³/mol. The molecule has 5 atom stereocenters. The number of hydrogen-bond acceptors (Lipinski definition) is 6. The number of rotatable bonds is 3. The number of nitrogens with one attached hydrogen (secondary N) is 1. The van der Waals surface area contributed by atoms with E-state index in [4.69, 9.17) is 10.4 Å². The van der Waals surface area contributed by atoms with Crippen LogP contribution >= 0.6 is 0 Å². The lowest BCUT2D eigenvalue weighted by Gasteiger charge is -2.41. The van der Waals surface area contributed by atoms with Crippen LogP contribution in [-0.4, -0.2) is 58.0 Å². The molecule has 0 aromatic rings. The molecule has 8 heteroatoms. The Balaban J connectivity index is 1.75. The van der Waals surface area contributed by atoms with Gasteiger partial charge in [-0.25, -0.2) is 0 Å². The van der Waals surface area contributed by atoms with E-state index >= 15 is 0 Å². The predicted octanol–water partition coefficient (Wildman–Crippen LogP) is -0.637. The third-order valence-electron chi connectivity index (χ3n) is 5.69. The van der Waals surface area contributed by atoms with Crippen molar-refractivity contribution < 1.29 is 19.6 Å². The molecule has 3 aliphatic heterocycles. The van der Waals surface area contributed by atoms with Gasteiger partial charge in [-0.05, 0) is 25.3 Å². The van der Waals surface area contributed by atoms with Crippen LogP contribution in [0.4, 0.5) is 0 Å². The molecule has 126 valence electrons. The van der Waals surface area contributed by atoms with Crippen LogP contribution in [0.5, 0.6) is 0 Å². The molecule has 0 spiro atoms. The molecule has 1 amide bonds. The second kappa shape index (κ2) is 5.45. The fourth-order valence-corrected chi connectivity index (χ4v) is 4.37. The molecular formula is C14H27BN3O4-. The zero-order chi connectivity index (χ0) is 16.1. The Hall–Kier alpha value is -0.665. The molecule has 0 aliphatic carbocycles. The van der Waals surface area contributed by atoms with E-state index in [2.05, 4.69) is 5.32 Å². The molecule has 0 aromatic heterocycles. The highest BCUT2D eigenvalue weighted by Gasteiger charge is 2.61. The van der Waals surface area contributed by atoms with Gasteiger partial charge in [-0.2, -0.15) is 0 Å². The fourth-order valence-electron chi connectivity index (χ4n) is 4.37. The topological polar surface area (TPSA) is 108 Å². The maximum absolute atomic E-state index is 12.2. The Bertz CT molecular complexity index is 465. The second-order valence-electron chi connectivity index (χ2n) is 7.53. The number of aliphatic hydroxyl groups is 1. The van der Waals surface area contributed by atoms with E-state index in [0.717, 1.165) is 19.3 Å². The van der Waals surface area contributed by atoms with Crippen LogP contribution in [-0.2, 0) is 9.45 Å². The highest BCUT2D eigenvalue weighted by molar-refractivity contribution is 6.64. The second-order valence-corrected chi connectivity index (χ2v) is 7.53. The summed E-state index contributed by atoms with van der Waals surface area (Å²) in [6.45, 7) is 2.19. The third kappa shape index (κ3) is 2.37. The minimum Gasteiger partial charge on any atom is -0.570 e. The number of hydrogen-bond donors (Lipinski definition) is 4. The summed E-state index contributed by atoms with van der Waals surface area (Å²) >= 11 is 0. The number of carbonyl (C=O) groups is 1. The Morgan fingerprint density at radius 3 is 2.91 bits per heavy atom. The normalized spacial score (nSPS) is 43.0. The fraction of sp³-hybridized carbons (Fsp3) is 0.929. The van der Waals surface area contributed by atoms with Crippen LogP contribution in [0.3, 0.4) is 0 Å². The molecule has 0 aromatic carbocycles. The molecule has 0 radical (unpaired) electrons. The van der Waals surface area contributed by atoms with E-state index in [0.29, 0.717) is 19.3 Å². The third-order valence-corrected chi connectivity index (χ3v) is 5.69. The summed E-state index contributed by atoms with van der Waals surface area (Å²) in [5.41, 5.74) is 5.33. The van der Waals surface area contributed by atoms with Gasteiger partial charge in [0.2, 0.25) is 5.91 Å². The number of nitrogens with zero attached hydrogens (tertiary/aromatic N) is 1. The van der Waals surface area contributed by atoms with Crippen molar-refractivity contribution in [3.8, 4) is 0 Å². The molecular weight excluding hydrogens is 285 g/mol. The molecule has 0 unspecified atom stereocenters. The number of nitrogens with two attached hydrogens (primary N) is 1. The first kappa shape index (κ1) is 16.2. The zero-order valence-electron chi connectivity index (χ0n) is 13.4. The SMILES string of the molecule is CC(C)[C@H](N)C(=O)N[C@H]1CN2[B@@-]3(O)CCCC[C@@]2(C1)[C@@H](O)O3. The molecule has 3 rings (SSSR count). The molecule has 22 heavy (non-hydrogen) atoms. The Morgan fingerprint density at radius 2 is 2.23 bits per heavy atom. The lowest BCUT2D eigenvalue weighted by atomic mass is 9.66. The van der Waals surface area contributed by atoms with Crippen LogP contribution in [0.15, 0.2) is 0 Å². The van der Waals surface area contributed by atoms with Gasteiger partial charge in [-0.3, -0.25) is 4.79 Å². The highest BCUT2D eigenvalue weighted by Crippen LogP contribution is 2.49. The molecule has 3 saturated heterocycles. The van der Waals surface area contributed by atoms with Crippen molar-refractivity contribution in [2.45, 2.75) is 69.8 Å². The molecule has 3 fully saturated rings. The Kier molecular flexibility index (Phi) is 4.02. The van der Waals surface area contributed by atoms with Gasteiger partial charge in [0.25, 0.3) is 0 Å². The molecule has 7 nitrogen and oxygen atoms in total. The van der Waals surface area contributed by atoms with Crippen molar-refractivity contribution in [2.24, 2.45) is 11.7 Å². The maximum Gasteiger partial charge on any atom is 0.317 e. The van der Waals surface area contributed by atoms with Crippen molar-refractivity contribution >= 4 is 12.6 Å². The molecule has 0 saturated carbocycles. The number of aliphatic hydroxyl groups excluding tert-OH is 1. The average Bonchev–Trinajstić information content (AvgIpc) is 2.85. The summed E-state index contributed by atoms with van der Waals surface area (Å²) in [6.07, 6.45) is 2.78. The Labute approximate surface area is 131 Å². The van der Waals surface area contributed by atoms with Crippen LogP contribution in [0, 0.1) is 5.92 Å². The quantitative estimate of drug-likeness (QED) is 0.517. The summed E-state index contributed by atoms with van der Waals surface area (Å²) in [4.78, 5) is 14.1. The van der Waals surface area contributed by atoms with Gasteiger partial charge in [-0.15, -0.1) is 6.32 Å². The standard InChI is InChI=1S/C14H27BN3O4/c1-9(2)11(16)12(19)17-10-7-14-5-3-4-6-15(21,18(14)8-10)22-13(14)20/h9-11,13,20-21H,3-8,16H2,1-2H3,(H,17,19)/q-1/t10-,11+,13+,14-,15-/m1/s1. The number of carbonyl (C=O) groups excluding carboxylic acids is 1. The number of amides is 1. The molecule has 3 heterocycles. The zero-order valence-corrected chi connectivity index (χ0v) is 13.4. The monoisotopic (exact) mass is 312 g/mol. The van der Waals surface area contributed by atoms with E-state index in [1.54, 1.807) is 0 Å². The van der Waals surface area contributed by atoms with E-state index in [1.807, 2.05) is 18.7 Å². The van der Waals surface area contributed by atoms with Crippen molar-refractivity contribution in [2.75, 3.05) is 6.54 Å². The maximum atomic E-state index is 12.2. The largest absolute Gasteiger partial charge is 0.570 e. The van der Waals surface area contributed by atoms with E-state index in [1.165, 1.54) is 0 Å². The molecule has 3 aliphatic rings. The average molecular weight is 312 g/mol. The van der Waals surface area contributed by atoms with Crippen molar-refractivity contribution in [1.82, 2.24) is 10.1 Å². The molecule has 2 bridgehead atoms. The van der Waals surface area contributed by atoms with Crippen LogP contribution in [0.1, 0.15) is 39.5 Å².